The van der Waals surface area contributed by atoms with Crippen LogP contribution >= 0.6 is 7.82 Å². The van der Waals surface area contributed by atoms with Gasteiger partial charge in [0.15, 0.2) is 0 Å². The molecule has 6 N–H and O–H groups in total. The molecule has 4 atom stereocenters. The fraction of sp³-hybridized carbons (Fsp3) is 0.919. The van der Waals surface area contributed by atoms with Crippen LogP contribution in [0.3, 0.4) is 0 Å². The SMILES string of the molecule is CCCCCCCCCCCCCCC/C=C/C(O)C(COP(=O)(O)OCCN)NC(=O)CC(O)CCCCCCCCCCCC. The summed E-state index contributed by atoms with van der Waals surface area (Å²) in [4.78, 5) is 22.6. The van der Waals surface area contributed by atoms with Crippen molar-refractivity contribution in [1.82, 2.24) is 5.32 Å². The number of aliphatic hydroxyl groups is 2. The van der Waals surface area contributed by atoms with E-state index in [2.05, 4.69) is 19.2 Å². The van der Waals surface area contributed by atoms with Crippen LogP contribution in [0.25, 0.3) is 0 Å². The molecule has 0 rings (SSSR count). The molecule has 0 radical (unpaired) electrons. The molecule has 0 heterocycles. The lowest BCUT2D eigenvalue weighted by Gasteiger charge is -2.24. The Labute approximate surface area is 288 Å². The Kier molecular flexibility index (Phi) is 33.1. The molecule has 47 heavy (non-hydrogen) atoms. The highest BCUT2D eigenvalue weighted by Crippen LogP contribution is 2.43. The van der Waals surface area contributed by atoms with Gasteiger partial charge in [-0.2, -0.15) is 0 Å². The van der Waals surface area contributed by atoms with Gasteiger partial charge in [0.05, 0.1) is 37.9 Å². The molecule has 280 valence electrons. The third kappa shape index (κ3) is 32.2. The molecule has 1 amide bonds. The van der Waals surface area contributed by atoms with Crippen LogP contribution in [-0.4, -0.2) is 59.0 Å². The van der Waals surface area contributed by atoms with Crippen molar-refractivity contribution < 1.29 is 33.5 Å². The van der Waals surface area contributed by atoms with E-state index in [4.69, 9.17) is 14.8 Å². The van der Waals surface area contributed by atoms with Crippen molar-refractivity contribution in [3.8, 4) is 0 Å². The van der Waals surface area contributed by atoms with Crippen LogP contribution in [0.2, 0.25) is 0 Å². The molecule has 0 saturated heterocycles. The largest absolute Gasteiger partial charge is 0.472 e. The van der Waals surface area contributed by atoms with Crippen LogP contribution in [0.4, 0.5) is 0 Å². The Morgan fingerprint density at radius 1 is 0.723 bits per heavy atom. The summed E-state index contributed by atoms with van der Waals surface area (Å²) in [6.07, 6.45) is 31.5. The van der Waals surface area contributed by atoms with Crippen molar-refractivity contribution >= 4 is 13.7 Å². The first kappa shape index (κ1) is 46.2. The highest BCUT2D eigenvalue weighted by atomic mass is 31.2. The summed E-state index contributed by atoms with van der Waals surface area (Å²) in [6, 6.07) is -0.975. The van der Waals surface area contributed by atoms with E-state index in [-0.39, 0.29) is 19.6 Å². The normalized spacial score (nSPS) is 15.1. The topological polar surface area (TPSA) is 151 Å². The first-order valence-electron chi connectivity index (χ1n) is 19.4. The van der Waals surface area contributed by atoms with E-state index in [1.165, 1.54) is 116 Å². The van der Waals surface area contributed by atoms with Crippen LogP contribution in [0, 0.1) is 0 Å². The second-order valence-electron chi connectivity index (χ2n) is 13.3. The van der Waals surface area contributed by atoms with Crippen molar-refractivity contribution in [2.24, 2.45) is 5.73 Å². The summed E-state index contributed by atoms with van der Waals surface area (Å²) in [7, 11) is -4.39. The van der Waals surface area contributed by atoms with Crippen LogP contribution in [0.5, 0.6) is 0 Å². The van der Waals surface area contributed by atoms with E-state index in [9.17, 15) is 24.5 Å². The third-order valence-electron chi connectivity index (χ3n) is 8.67. The predicted octanol–water partition coefficient (Wildman–Crippen LogP) is 9.02. The number of phosphoric ester groups is 1. The van der Waals surface area contributed by atoms with Gasteiger partial charge in [-0.25, -0.2) is 4.57 Å². The minimum absolute atomic E-state index is 0.0512. The molecule has 0 aliphatic rings. The molecule has 0 aliphatic heterocycles. The van der Waals surface area contributed by atoms with Crippen LogP contribution in [-0.2, 0) is 18.4 Å². The molecule has 0 aromatic heterocycles. The highest BCUT2D eigenvalue weighted by Gasteiger charge is 2.27. The first-order chi connectivity index (χ1) is 22.8. The van der Waals surface area contributed by atoms with Gasteiger partial charge in [0.1, 0.15) is 0 Å². The molecule has 4 unspecified atom stereocenters. The number of amides is 1. The number of carbonyl (C=O) groups is 1. The third-order valence-corrected chi connectivity index (χ3v) is 9.65. The van der Waals surface area contributed by atoms with Gasteiger partial charge in [0.2, 0.25) is 5.91 Å². The Hall–Kier alpha value is -0.800. The second kappa shape index (κ2) is 33.7. The van der Waals surface area contributed by atoms with Crippen molar-refractivity contribution in [1.29, 1.82) is 0 Å². The lowest BCUT2D eigenvalue weighted by Crippen LogP contribution is -2.46. The summed E-state index contributed by atoms with van der Waals surface area (Å²) in [6.45, 7) is 3.95. The van der Waals surface area contributed by atoms with E-state index in [0.29, 0.717) is 6.42 Å². The van der Waals surface area contributed by atoms with Crippen LogP contribution in [0.15, 0.2) is 12.2 Å². The number of hydrogen-bond acceptors (Lipinski definition) is 7. The fourth-order valence-electron chi connectivity index (χ4n) is 5.70. The van der Waals surface area contributed by atoms with Crippen molar-refractivity contribution in [2.75, 3.05) is 19.8 Å². The van der Waals surface area contributed by atoms with Gasteiger partial charge in [-0.3, -0.25) is 13.8 Å². The quantitative estimate of drug-likeness (QED) is 0.0248. The molecular formula is C37H75N2O7P. The molecule has 10 heteroatoms. The zero-order valence-corrected chi connectivity index (χ0v) is 31.3. The molecule has 0 aliphatic carbocycles. The molecular weight excluding hydrogens is 615 g/mol. The van der Waals surface area contributed by atoms with Gasteiger partial charge in [-0.15, -0.1) is 0 Å². The number of allylic oxidation sites excluding steroid dienone is 1. The second-order valence-corrected chi connectivity index (χ2v) is 14.8. The number of rotatable bonds is 36. The highest BCUT2D eigenvalue weighted by molar-refractivity contribution is 7.47. The number of aliphatic hydroxyl groups excluding tert-OH is 2. The summed E-state index contributed by atoms with van der Waals surface area (Å²) in [5, 5.41) is 23.9. The van der Waals surface area contributed by atoms with Gasteiger partial charge < -0.3 is 26.2 Å². The van der Waals surface area contributed by atoms with E-state index >= 15 is 0 Å². The van der Waals surface area contributed by atoms with Gasteiger partial charge in [-0.1, -0.05) is 167 Å². The summed E-state index contributed by atoms with van der Waals surface area (Å²) in [5.74, 6) is -0.447. The number of hydrogen-bond donors (Lipinski definition) is 5. The van der Waals surface area contributed by atoms with E-state index < -0.39 is 38.6 Å². The van der Waals surface area contributed by atoms with Crippen LogP contribution < -0.4 is 11.1 Å². The standard InChI is InChI=1S/C37H75N2O7P/c1-3-5-7-9-11-13-15-16-17-18-19-21-23-25-27-29-36(41)35(33-46-47(43,44)45-31-30-38)39-37(42)32-34(40)28-26-24-22-20-14-12-10-8-6-4-2/h27,29,34-36,40-41H,3-26,28,30-33,38H2,1-2H3,(H,39,42)(H,43,44)/b29-27+. The van der Waals surface area contributed by atoms with Gasteiger partial charge in [-0.05, 0) is 19.3 Å². The summed E-state index contributed by atoms with van der Waals surface area (Å²) < 4.78 is 22.0. The number of nitrogens with two attached hydrogens (primary N) is 1. The number of phosphoric acid groups is 1. The average molecular weight is 691 g/mol. The maximum Gasteiger partial charge on any atom is 0.472 e. The lowest BCUT2D eigenvalue weighted by molar-refractivity contribution is -0.124. The number of unbranched alkanes of at least 4 members (excludes halogenated alkanes) is 22. The summed E-state index contributed by atoms with van der Waals surface area (Å²) >= 11 is 0. The molecule has 0 spiro atoms. The predicted molar refractivity (Wildman–Crippen MR) is 195 cm³/mol. The van der Waals surface area contributed by atoms with Crippen molar-refractivity contribution in [3.05, 3.63) is 12.2 Å². The first-order valence-corrected chi connectivity index (χ1v) is 20.9. The minimum Gasteiger partial charge on any atom is -0.393 e. The molecule has 0 saturated carbocycles. The summed E-state index contributed by atoms with van der Waals surface area (Å²) in [5.41, 5.74) is 5.34. The zero-order valence-electron chi connectivity index (χ0n) is 30.4. The Morgan fingerprint density at radius 3 is 1.64 bits per heavy atom. The van der Waals surface area contributed by atoms with Crippen molar-refractivity contribution in [3.63, 3.8) is 0 Å². The number of carbonyl (C=O) groups excluding carboxylic acids is 1. The van der Waals surface area contributed by atoms with Gasteiger partial charge in [0, 0.05) is 6.54 Å². The smallest absolute Gasteiger partial charge is 0.393 e. The maximum absolute atomic E-state index is 12.7. The van der Waals surface area contributed by atoms with Crippen molar-refractivity contribution in [2.45, 2.75) is 199 Å². The molecule has 0 fully saturated rings. The molecule has 0 aromatic carbocycles. The van der Waals surface area contributed by atoms with Gasteiger partial charge >= 0.3 is 7.82 Å². The van der Waals surface area contributed by atoms with E-state index in [0.717, 1.165) is 38.5 Å². The number of nitrogens with one attached hydrogen (secondary N) is 1. The van der Waals surface area contributed by atoms with Crippen LogP contribution in [0.1, 0.15) is 181 Å². The molecule has 0 bridgehead atoms. The Morgan fingerprint density at radius 2 is 1.17 bits per heavy atom. The zero-order chi connectivity index (χ0) is 34.9. The molecule has 0 aromatic rings. The van der Waals surface area contributed by atoms with Gasteiger partial charge in [0.25, 0.3) is 0 Å². The van der Waals surface area contributed by atoms with E-state index in [1.54, 1.807) is 6.08 Å². The van der Waals surface area contributed by atoms with E-state index in [1.807, 2.05) is 6.08 Å². The minimum atomic E-state index is -4.39. The Balaban J connectivity index is 4.42. The average Bonchev–Trinajstić information content (AvgIpc) is 3.04. The lowest BCUT2D eigenvalue weighted by atomic mass is 10.0. The Bertz CT molecular complexity index is 771. The maximum atomic E-state index is 12.7. The molecule has 9 nitrogen and oxygen atoms in total. The fourth-order valence-corrected chi connectivity index (χ4v) is 6.46. The monoisotopic (exact) mass is 691 g/mol.